The number of alkyl halides is 3. The lowest BCUT2D eigenvalue weighted by Gasteiger charge is -2.37. The number of pyridine rings is 1. The molecule has 4 nitrogen and oxygen atoms in total. The summed E-state index contributed by atoms with van der Waals surface area (Å²) in [7, 11) is 0. The van der Waals surface area contributed by atoms with Crippen LogP contribution in [-0.4, -0.2) is 28.4 Å². The zero-order valence-corrected chi connectivity index (χ0v) is 24.7. The molecule has 2 heterocycles. The number of fused-ring (bicyclic) bond motifs is 1. The summed E-state index contributed by atoms with van der Waals surface area (Å²) in [6.07, 6.45) is -3.40. The third-order valence-corrected chi connectivity index (χ3v) is 6.81. The molecule has 0 amide bonds. The molecule has 2 atom stereocenters. The summed E-state index contributed by atoms with van der Waals surface area (Å²) in [5, 5.41) is 22.2. The second-order valence-corrected chi connectivity index (χ2v) is 9.87. The first kappa shape index (κ1) is 34.1. The van der Waals surface area contributed by atoms with Crippen LogP contribution in [-0.2, 0) is 17.3 Å². The Morgan fingerprint density at radius 2 is 1.50 bits per heavy atom. The van der Waals surface area contributed by atoms with E-state index in [0.717, 1.165) is 53.9 Å². The average Bonchev–Trinajstić information content (AvgIpc) is 2.90. The lowest BCUT2D eigenvalue weighted by molar-refractivity contribution is -0.137. The summed E-state index contributed by atoms with van der Waals surface area (Å²) in [6, 6.07) is 4.62. The maximum atomic E-state index is 13.0. The minimum absolute atomic E-state index is 0.0909. The standard InChI is InChI=1S/C25H30F3NO3.3C2H6/c1-14-20-18(12-24(2,3)13-19(20)30)29-22(15-8-10-32-11-9-15)21(14)23(31)16-4-6-17(7-5-16)25(26,27)28;3*1-2/h4-7,15,19,23,30-31H,8-13H2,1-3H3;3*1-2H3/t19?,23-;;;/m0.../s1. The van der Waals surface area contributed by atoms with Crippen LogP contribution < -0.4 is 0 Å². The fraction of sp³-hybridized carbons (Fsp3) is 0.645. The predicted octanol–water partition coefficient (Wildman–Crippen LogP) is 8.47. The van der Waals surface area contributed by atoms with Crippen molar-refractivity contribution in [3.05, 3.63) is 63.5 Å². The van der Waals surface area contributed by atoms with Crippen molar-refractivity contribution >= 4 is 0 Å². The summed E-state index contributed by atoms with van der Waals surface area (Å²) < 4.78 is 44.5. The smallest absolute Gasteiger partial charge is 0.388 e. The number of aliphatic hydroxyl groups excluding tert-OH is 2. The molecule has 1 aliphatic heterocycles. The highest BCUT2D eigenvalue weighted by molar-refractivity contribution is 5.48. The summed E-state index contributed by atoms with van der Waals surface area (Å²) in [6.45, 7) is 19.3. The summed E-state index contributed by atoms with van der Waals surface area (Å²) in [4.78, 5) is 4.99. The van der Waals surface area contributed by atoms with E-state index in [4.69, 9.17) is 9.72 Å². The van der Waals surface area contributed by atoms with E-state index < -0.39 is 23.9 Å². The lowest BCUT2D eigenvalue weighted by Crippen LogP contribution is -2.30. The minimum atomic E-state index is -4.43. The normalized spacial score (nSPS) is 19.4. The van der Waals surface area contributed by atoms with Gasteiger partial charge in [0.15, 0.2) is 0 Å². The van der Waals surface area contributed by atoms with Crippen molar-refractivity contribution in [2.45, 2.75) is 112 Å². The van der Waals surface area contributed by atoms with E-state index in [1.54, 1.807) is 0 Å². The van der Waals surface area contributed by atoms with Gasteiger partial charge in [0, 0.05) is 36.0 Å². The van der Waals surface area contributed by atoms with Crippen molar-refractivity contribution < 1.29 is 28.1 Å². The number of hydrogen-bond acceptors (Lipinski definition) is 4. The molecule has 0 spiro atoms. The van der Waals surface area contributed by atoms with Gasteiger partial charge in [0.2, 0.25) is 0 Å². The van der Waals surface area contributed by atoms with Gasteiger partial charge < -0.3 is 14.9 Å². The molecule has 0 saturated carbocycles. The van der Waals surface area contributed by atoms with Gasteiger partial charge in [-0.25, -0.2) is 0 Å². The van der Waals surface area contributed by atoms with Gasteiger partial charge in [-0.3, -0.25) is 4.98 Å². The number of nitrogens with zero attached hydrogens (tertiary/aromatic N) is 1. The van der Waals surface area contributed by atoms with Crippen molar-refractivity contribution in [3.63, 3.8) is 0 Å². The molecule has 2 N–H and O–H groups in total. The van der Waals surface area contributed by atoms with Crippen LogP contribution >= 0.6 is 0 Å². The topological polar surface area (TPSA) is 62.6 Å². The van der Waals surface area contributed by atoms with Crippen LogP contribution in [0.4, 0.5) is 13.2 Å². The number of aromatic nitrogens is 1. The van der Waals surface area contributed by atoms with E-state index in [9.17, 15) is 23.4 Å². The highest BCUT2D eigenvalue weighted by Gasteiger charge is 2.37. The molecule has 38 heavy (non-hydrogen) atoms. The number of hydrogen-bond donors (Lipinski definition) is 2. The van der Waals surface area contributed by atoms with Gasteiger partial charge in [0.1, 0.15) is 6.10 Å². The molecular formula is C31H48F3NO3. The molecule has 1 aromatic heterocycles. The molecule has 2 aromatic rings. The Kier molecular flexibility index (Phi) is 13.4. The lowest BCUT2D eigenvalue weighted by atomic mass is 9.72. The zero-order chi connectivity index (χ0) is 29.3. The molecular weight excluding hydrogens is 491 g/mol. The Bertz CT molecular complexity index is 981. The van der Waals surface area contributed by atoms with Crippen molar-refractivity contribution in [1.82, 2.24) is 4.98 Å². The Morgan fingerprint density at radius 1 is 0.974 bits per heavy atom. The van der Waals surface area contributed by atoms with Crippen LogP contribution in [0.3, 0.4) is 0 Å². The summed E-state index contributed by atoms with van der Waals surface area (Å²) in [5.74, 6) is 0.0917. The molecule has 1 unspecified atom stereocenters. The molecule has 1 aliphatic carbocycles. The first-order valence-electron chi connectivity index (χ1n) is 14.1. The van der Waals surface area contributed by atoms with Gasteiger partial charge in [0.25, 0.3) is 0 Å². The van der Waals surface area contributed by atoms with Gasteiger partial charge in [0.05, 0.1) is 17.4 Å². The third-order valence-electron chi connectivity index (χ3n) is 6.81. The van der Waals surface area contributed by atoms with Gasteiger partial charge in [-0.15, -0.1) is 0 Å². The van der Waals surface area contributed by atoms with Crippen LogP contribution in [0.2, 0.25) is 0 Å². The van der Waals surface area contributed by atoms with Crippen LogP contribution in [0.1, 0.15) is 132 Å². The number of rotatable bonds is 3. The number of halogens is 3. The molecule has 7 heteroatoms. The number of benzene rings is 1. The van der Waals surface area contributed by atoms with E-state index in [-0.39, 0.29) is 11.3 Å². The van der Waals surface area contributed by atoms with Crippen LogP contribution in [0.15, 0.2) is 24.3 Å². The molecule has 216 valence electrons. The second kappa shape index (κ2) is 15.0. The molecule has 0 bridgehead atoms. The second-order valence-electron chi connectivity index (χ2n) is 9.87. The molecule has 1 saturated heterocycles. The SMILES string of the molecule is CC.CC.CC.Cc1c2c(nc(C3CCOCC3)c1[C@@H](O)c1ccc(C(F)(F)F)cc1)CC(C)(C)CC2O. The molecule has 2 aliphatic rings. The van der Waals surface area contributed by atoms with E-state index in [1.807, 2.05) is 48.5 Å². The largest absolute Gasteiger partial charge is 0.416 e. The maximum Gasteiger partial charge on any atom is 0.416 e. The van der Waals surface area contributed by atoms with Crippen molar-refractivity contribution in [2.75, 3.05) is 13.2 Å². The van der Waals surface area contributed by atoms with E-state index >= 15 is 0 Å². The van der Waals surface area contributed by atoms with E-state index in [1.165, 1.54) is 12.1 Å². The first-order chi connectivity index (χ1) is 18.0. The Labute approximate surface area is 227 Å². The Hall–Kier alpha value is -1.96. The highest BCUT2D eigenvalue weighted by Crippen LogP contribution is 2.45. The molecule has 4 rings (SSSR count). The average molecular weight is 540 g/mol. The maximum absolute atomic E-state index is 13.0. The first-order valence-corrected chi connectivity index (χ1v) is 14.1. The predicted molar refractivity (Wildman–Crippen MR) is 148 cm³/mol. The van der Waals surface area contributed by atoms with Gasteiger partial charge >= 0.3 is 6.18 Å². The Morgan fingerprint density at radius 3 is 2.00 bits per heavy atom. The van der Waals surface area contributed by atoms with E-state index in [2.05, 4.69) is 13.8 Å². The van der Waals surface area contributed by atoms with Gasteiger partial charge in [-0.1, -0.05) is 67.5 Å². The number of aliphatic hydroxyl groups is 2. The highest BCUT2D eigenvalue weighted by atomic mass is 19.4. The zero-order valence-electron chi connectivity index (χ0n) is 24.7. The third kappa shape index (κ3) is 8.03. The fourth-order valence-corrected chi connectivity index (χ4v) is 5.20. The quantitative estimate of drug-likeness (QED) is 0.411. The van der Waals surface area contributed by atoms with Gasteiger partial charge in [-0.2, -0.15) is 13.2 Å². The van der Waals surface area contributed by atoms with Crippen molar-refractivity contribution in [1.29, 1.82) is 0 Å². The summed E-state index contributed by atoms with van der Waals surface area (Å²) >= 11 is 0. The summed E-state index contributed by atoms with van der Waals surface area (Å²) in [5.41, 5.74) is 3.31. The fourth-order valence-electron chi connectivity index (χ4n) is 5.20. The van der Waals surface area contributed by atoms with Crippen LogP contribution in [0, 0.1) is 12.3 Å². The van der Waals surface area contributed by atoms with Gasteiger partial charge in [-0.05, 0) is 61.3 Å². The Balaban J connectivity index is 0.00000112. The number of ether oxygens (including phenoxy) is 1. The molecule has 1 aromatic carbocycles. The van der Waals surface area contributed by atoms with Crippen molar-refractivity contribution in [3.8, 4) is 0 Å². The van der Waals surface area contributed by atoms with E-state index in [0.29, 0.717) is 30.8 Å². The van der Waals surface area contributed by atoms with Crippen LogP contribution in [0.5, 0.6) is 0 Å². The van der Waals surface area contributed by atoms with Crippen molar-refractivity contribution in [2.24, 2.45) is 5.41 Å². The molecule has 1 fully saturated rings. The minimum Gasteiger partial charge on any atom is -0.388 e. The monoisotopic (exact) mass is 539 g/mol. The molecule has 0 radical (unpaired) electrons. The van der Waals surface area contributed by atoms with Crippen LogP contribution in [0.25, 0.3) is 0 Å².